The number of rotatable bonds is 3. The van der Waals surface area contributed by atoms with E-state index in [2.05, 4.69) is 42.7 Å². The van der Waals surface area contributed by atoms with Crippen LogP contribution in [0.2, 0.25) is 0 Å². The molecule has 0 aromatic carbocycles. The maximum atomic E-state index is 3.71. The summed E-state index contributed by atoms with van der Waals surface area (Å²) in [7, 11) is 0. The molecule has 2 aliphatic rings. The van der Waals surface area contributed by atoms with E-state index in [1.54, 1.807) is 0 Å². The highest BCUT2D eigenvalue weighted by atomic mass is 32.2. The lowest BCUT2D eigenvalue weighted by atomic mass is 9.98. The third-order valence-corrected chi connectivity index (χ3v) is 5.86. The normalized spacial score (nSPS) is 40.4. The van der Waals surface area contributed by atoms with Gasteiger partial charge in [-0.05, 0) is 31.4 Å². The van der Waals surface area contributed by atoms with Gasteiger partial charge in [0, 0.05) is 36.5 Å². The van der Waals surface area contributed by atoms with Crippen LogP contribution in [0.5, 0.6) is 0 Å². The van der Waals surface area contributed by atoms with Crippen molar-refractivity contribution in [1.29, 1.82) is 0 Å². The largest absolute Gasteiger partial charge is 0.311 e. The SMILES string of the molecule is CCC1CN(C2CCCSC2C)C(CC)CN1. The Balaban J connectivity index is 2.02. The number of hydrogen-bond donors (Lipinski definition) is 1. The Morgan fingerprint density at radius 1 is 1.29 bits per heavy atom. The third-order valence-electron chi connectivity index (χ3n) is 4.50. The Kier molecular flexibility index (Phi) is 5.19. The molecule has 0 radical (unpaired) electrons. The van der Waals surface area contributed by atoms with Gasteiger partial charge in [0.1, 0.15) is 0 Å². The van der Waals surface area contributed by atoms with Crippen molar-refractivity contribution in [2.24, 2.45) is 0 Å². The zero-order valence-electron chi connectivity index (χ0n) is 11.6. The molecule has 2 rings (SSSR count). The van der Waals surface area contributed by atoms with Gasteiger partial charge in [0.15, 0.2) is 0 Å². The van der Waals surface area contributed by atoms with Crippen molar-refractivity contribution in [2.45, 2.75) is 69.8 Å². The van der Waals surface area contributed by atoms with Crippen LogP contribution in [-0.2, 0) is 0 Å². The van der Waals surface area contributed by atoms with Gasteiger partial charge in [-0.15, -0.1) is 0 Å². The first-order chi connectivity index (χ1) is 8.26. The lowest BCUT2D eigenvalue weighted by Crippen LogP contribution is -2.61. The fourth-order valence-corrected chi connectivity index (χ4v) is 4.51. The summed E-state index contributed by atoms with van der Waals surface area (Å²) in [4.78, 5) is 2.83. The topological polar surface area (TPSA) is 15.3 Å². The highest BCUT2D eigenvalue weighted by molar-refractivity contribution is 7.99. The second kappa shape index (κ2) is 6.44. The van der Waals surface area contributed by atoms with Crippen LogP contribution in [0.1, 0.15) is 46.5 Å². The lowest BCUT2D eigenvalue weighted by Gasteiger charge is -2.47. The van der Waals surface area contributed by atoms with Gasteiger partial charge < -0.3 is 5.32 Å². The lowest BCUT2D eigenvalue weighted by molar-refractivity contribution is 0.0717. The highest BCUT2D eigenvalue weighted by Gasteiger charge is 2.35. The number of piperazine rings is 1. The van der Waals surface area contributed by atoms with E-state index in [-0.39, 0.29) is 0 Å². The van der Waals surface area contributed by atoms with Crippen LogP contribution in [-0.4, -0.2) is 47.1 Å². The molecule has 4 unspecified atom stereocenters. The summed E-state index contributed by atoms with van der Waals surface area (Å²) in [6.45, 7) is 9.55. The molecule has 2 saturated heterocycles. The molecule has 0 aromatic rings. The minimum Gasteiger partial charge on any atom is -0.311 e. The quantitative estimate of drug-likeness (QED) is 0.836. The van der Waals surface area contributed by atoms with E-state index in [9.17, 15) is 0 Å². The molecule has 3 heteroatoms. The van der Waals surface area contributed by atoms with E-state index in [4.69, 9.17) is 0 Å². The van der Waals surface area contributed by atoms with E-state index in [0.29, 0.717) is 0 Å². The Morgan fingerprint density at radius 2 is 2.12 bits per heavy atom. The second-order valence-corrected chi connectivity index (χ2v) is 7.04. The molecule has 0 bridgehead atoms. The molecule has 1 N–H and O–H groups in total. The van der Waals surface area contributed by atoms with Gasteiger partial charge in [0.25, 0.3) is 0 Å². The van der Waals surface area contributed by atoms with Gasteiger partial charge in [0.2, 0.25) is 0 Å². The van der Waals surface area contributed by atoms with Crippen molar-refractivity contribution >= 4 is 11.8 Å². The monoisotopic (exact) mass is 256 g/mol. The molecule has 17 heavy (non-hydrogen) atoms. The van der Waals surface area contributed by atoms with Crippen molar-refractivity contribution in [1.82, 2.24) is 10.2 Å². The summed E-state index contributed by atoms with van der Waals surface area (Å²) in [5.74, 6) is 1.37. The van der Waals surface area contributed by atoms with E-state index >= 15 is 0 Å². The average Bonchev–Trinajstić information content (AvgIpc) is 2.38. The van der Waals surface area contributed by atoms with Crippen LogP contribution in [0.25, 0.3) is 0 Å². The van der Waals surface area contributed by atoms with Crippen LogP contribution < -0.4 is 5.32 Å². The Hall–Kier alpha value is 0.270. The van der Waals surface area contributed by atoms with Gasteiger partial charge in [-0.25, -0.2) is 0 Å². The molecule has 100 valence electrons. The molecule has 0 amide bonds. The Labute approximate surface area is 111 Å². The first kappa shape index (κ1) is 13.7. The van der Waals surface area contributed by atoms with Gasteiger partial charge in [-0.2, -0.15) is 11.8 Å². The smallest absolute Gasteiger partial charge is 0.0222 e. The molecule has 2 fully saturated rings. The standard InChI is InChI=1S/C14H28N2S/c1-4-12-10-16(13(5-2)9-15-12)14-7-6-8-17-11(14)3/h11-15H,4-10H2,1-3H3. The Bertz CT molecular complexity index is 234. The van der Waals surface area contributed by atoms with E-state index in [0.717, 1.165) is 23.4 Å². The molecule has 0 aliphatic carbocycles. The van der Waals surface area contributed by atoms with Crippen molar-refractivity contribution in [3.63, 3.8) is 0 Å². The van der Waals surface area contributed by atoms with Crippen molar-refractivity contribution in [3.05, 3.63) is 0 Å². The zero-order valence-corrected chi connectivity index (χ0v) is 12.4. The molecule has 2 aliphatic heterocycles. The van der Waals surface area contributed by atoms with Gasteiger partial charge >= 0.3 is 0 Å². The average molecular weight is 256 g/mol. The molecule has 0 aromatic heterocycles. The maximum absolute atomic E-state index is 3.71. The maximum Gasteiger partial charge on any atom is 0.0222 e. The highest BCUT2D eigenvalue weighted by Crippen LogP contribution is 2.31. The summed E-state index contributed by atoms with van der Waals surface area (Å²) in [6.07, 6.45) is 5.39. The summed E-state index contributed by atoms with van der Waals surface area (Å²) in [5, 5.41) is 4.53. The zero-order chi connectivity index (χ0) is 12.3. The van der Waals surface area contributed by atoms with E-state index < -0.39 is 0 Å². The summed E-state index contributed by atoms with van der Waals surface area (Å²) >= 11 is 2.18. The summed E-state index contributed by atoms with van der Waals surface area (Å²) in [5.41, 5.74) is 0. The predicted molar refractivity (Wildman–Crippen MR) is 77.8 cm³/mol. The molecule has 2 nitrogen and oxygen atoms in total. The number of thioether (sulfide) groups is 1. The Morgan fingerprint density at radius 3 is 2.76 bits per heavy atom. The fraction of sp³-hybridized carbons (Fsp3) is 1.00. The fourth-order valence-electron chi connectivity index (χ4n) is 3.29. The minimum absolute atomic E-state index is 0.719. The van der Waals surface area contributed by atoms with Crippen LogP contribution in [0.4, 0.5) is 0 Å². The van der Waals surface area contributed by atoms with Gasteiger partial charge in [-0.1, -0.05) is 20.8 Å². The number of nitrogens with zero attached hydrogens (tertiary/aromatic N) is 1. The first-order valence-electron chi connectivity index (χ1n) is 7.37. The summed E-state index contributed by atoms with van der Waals surface area (Å²) < 4.78 is 0. The predicted octanol–water partition coefficient (Wildman–Crippen LogP) is 2.73. The first-order valence-corrected chi connectivity index (χ1v) is 8.41. The molecule has 0 spiro atoms. The van der Waals surface area contributed by atoms with Crippen molar-refractivity contribution in [2.75, 3.05) is 18.8 Å². The van der Waals surface area contributed by atoms with Crippen LogP contribution in [0.3, 0.4) is 0 Å². The molecular formula is C14H28N2S. The molecule has 2 heterocycles. The van der Waals surface area contributed by atoms with E-state index in [1.807, 2.05) is 0 Å². The van der Waals surface area contributed by atoms with Crippen LogP contribution in [0.15, 0.2) is 0 Å². The van der Waals surface area contributed by atoms with Gasteiger partial charge in [-0.3, -0.25) is 4.90 Å². The molecular weight excluding hydrogens is 228 g/mol. The second-order valence-electron chi connectivity index (χ2n) is 5.56. The third kappa shape index (κ3) is 3.18. The number of hydrogen-bond acceptors (Lipinski definition) is 3. The van der Waals surface area contributed by atoms with Crippen molar-refractivity contribution < 1.29 is 0 Å². The molecule has 4 atom stereocenters. The summed E-state index contributed by atoms with van der Waals surface area (Å²) in [6, 6.07) is 2.32. The van der Waals surface area contributed by atoms with E-state index in [1.165, 1.54) is 44.5 Å². The minimum atomic E-state index is 0.719. The van der Waals surface area contributed by atoms with Crippen molar-refractivity contribution in [3.8, 4) is 0 Å². The number of nitrogens with one attached hydrogen (secondary N) is 1. The van der Waals surface area contributed by atoms with Crippen LogP contribution in [0, 0.1) is 0 Å². The molecule has 0 saturated carbocycles. The van der Waals surface area contributed by atoms with Gasteiger partial charge in [0.05, 0.1) is 0 Å². The van der Waals surface area contributed by atoms with Crippen LogP contribution >= 0.6 is 11.8 Å².